The molecule has 0 bridgehead atoms. The maximum atomic E-state index is 12.5. The summed E-state index contributed by atoms with van der Waals surface area (Å²) in [6.45, 7) is 3.79. The molecule has 114 valence electrons. The summed E-state index contributed by atoms with van der Waals surface area (Å²) in [7, 11) is -3.69. The summed E-state index contributed by atoms with van der Waals surface area (Å²) in [6, 6.07) is 3.48. The summed E-state index contributed by atoms with van der Waals surface area (Å²) in [5.41, 5.74) is 7.96. The van der Waals surface area contributed by atoms with Crippen LogP contribution in [-0.2, 0) is 29.4 Å². The Hall–Kier alpha value is -2.00. The Morgan fingerprint density at radius 2 is 2.05 bits per heavy atom. The van der Waals surface area contributed by atoms with Crippen LogP contribution in [0.2, 0.25) is 0 Å². The van der Waals surface area contributed by atoms with E-state index in [2.05, 4.69) is 25.3 Å². The molecule has 9 heteroatoms. The highest BCUT2D eigenvalue weighted by atomic mass is 32.2. The van der Waals surface area contributed by atoms with E-state index in [0.29, 0.717) is 24.1 Å². The quantitative estimate of drug-likeness (QED) is 0.662. The van der Waals surface area contributed by atoms with Gasteiger partial charge in [0.2, 0.25) is 10.0 Å². The number of sulfonamides is 1. The molecule has 0 aliphatic rings. The zero-order valence-corrected chi connectivity index (χ0v) is 12.7. The Morgan fingerprint density at radius 1 is 1.29 bits per heavy atom. The van der Waals surface area contributed by atoms with E-state index in [9.17, 15) is 8.42 Å². The number of nitrogens with zero attached hydrogens (tertiary/aromatic N) is 3. The zero-order chi connectivity index (χ0) is 15.5. The van der Waals surface area contributed by atoms with Crippen LogP contribution >= 0.6 is 0 Å². The lowest BCUT2D eigenvalue weighted by Crippen LogP contribution is -2.25. The van der Waals surface area contributed by atoms with E-state index >= 15 is 0 Å². The molecule has 0 fully saturated rings. The van der Waals surface area contributed by atoms with E-state index in [-0.39, 0.29) is 17.3 Å². The maximum Gasteiger partial charge on any atom is 0.241 e. The Morgan fingerprint density at radius 3 is 2.62 bits per heavy atom. The zero-order valence-electron chi connectivity index (χ0n) is 11.9. The van der Waals surface area contributed by atoms with Gasteiger partial charge in [-0.2, -0.15) is 5.21 Å². The minimum atomic E-state index is -3.69. The number of nitrogen functional groups attached to an aromatic ring is 1. The average molecular weight is 310 g/mol. The standard InChI is InChI=1S/C12H18N6O2S/c1-3-8-5-10(13)9(4-2)11(6-8)21(19,20)14-7-12-15-17-18-16-12/h5-6,14H,3-4,7,13H2,1-2H3,(H,15,16,17,18). The molecule has 4 N–H and O–H groups in total. The number of nitrogens with two attached hydrogens (primary N) is 1. The van der Waals surface area contributed by atoms with E-state index in [0.717, 1.165) is 5.56 Å². The second-order valence-corrected chi connectivity index (χ2v) is 6.26. The smallest absolute Gasteiger partial charge is 0.241 e. The minimum Gasteiger partial charge on any atom is -0.398 e. The lowest BCUT2D eigenvalue weighted by molar-refractivity contribution is 0.578. The molecule has 0 amide bonds. The lowest BCUT2D eigenvalue weighted by atomic mass is 10.1. The first-order valence-corrected chi connectivity index (χ1v) is 8.09. The van der Waals surface area contributed by atoms with Crippen LogP contribution in [0.1, 0.15) is 30.8 Å². The number of rotatable bonds is 6. The predicted octanol–water partition coefficient (Wildman–Crippen LogP) is 0.385. The number of H-pyrrole nitrogens is 1. The van der Waals surface area contributed by atoms with Gasteiger partial charge in [0.1, 0.15) is 0 Å². The van der Waals surface area contributed by atoms with Crippen LogP contribution in [0.5, 0.6) is 0 Å². The highest BCUT2D eigenvalue weighted by Crippen LogP contribution is 2.25. The van der Waals surface area contributed by atoms with Crippen molar-refractivity contribution in [2.45, 2.75) is 38.1 Å². The minimum absolute atomic E-state index is 0.0295. The molecule has 0 atom stereocenters. The molecule has 0 radical (unpaired) electrons. The number of aromatic nitrogens is 4. The maximum absolute atomic E-state index is 12.5. The van der Waals surface area contributed by atoms with Gasteiger partial charge in [-0.05, 0) is 36.1 Å². The molecule has 0 saturated carbocycles. The third-order valence-corrected chi connectivity index (χ3v) is 4.63. The van der Waals surface area contributed by atoms with E-state index in [1.807, 2.05) is 19.9 Å². The number of aromatic amines is 1. The molecule has 0 saturated heterocycles. The molecule has 8 nitrogen and oxygen atoms in total. The molecule has 1 aromatic heterocycles. The van der Waals surface area contributed by atoms with E-state index in [1.54, 1.807) is 6.07 Å². The van der Waals surface area contributed by atoms with Gasteiger partial charge >= 0.3 is 0 Å². The molecule has 1 heterocycles. The molecule has 0 aliphatic heterocycles. The van der Waals surface area contributed by atoms with Gasteiger partial charge in [-0.3, -0.25) is 0 Å². The summed E-state index contributed by atoms with van der Waals surface area (Å²) >= 11 is 0. The van der Waals surface area contributed by atoms with E-state index in [1.165, 1.54) is 0 Å². The Kier molecular flexibility index (Phi) is 4.53. The molecule has 2 aromatic rings. The first-order chi connectivity index (χ1) is 9.97. The second-order valence-electron chi connectivity index (χ2n) is 4.52. The highest BCUT2D eigenvalue weighted by molar-refractivity contribution is 7.89. The molecule has 0 spiro atoms. The van der Waals surface area contributed by atoms with Gasteiger partial charge in [-0.15, -0.1) is 10.2 Å². The van der Waals surface area contributed by atoms with Crippen LogP contribution in [0.25, 0.3) is 0 Å². The van der Waals surface area contributed by atoms with Gasteiger partial charge in [-0.1, -0.05) is 19.1 Å². The van der Waals surface area contributed by atoms with Crippen molar-refractivity contribution in [2.24, 2.45) is 0 Å². The van der Waals surface area contributed by atoms with Crippen molar-refractivity contribution in [3.8, 4) is 0 Å². The molecular formula is C12H18N6O2S. The van der Waals surface area contributed by atoms with Gasteiger partial charge in [-0.25, -0.2) is 13.1 Å². The number of nitrogens with one attached hydrogen (secondary N) is 2. The SMILES string of the molecule is CCc1cc(N)c(CC)c(S(=O)(=O)NCc2nn[nH]n2)c1. The van der Waals surface area contributed by atoms with Gasteiger partial charge in [0, 0.05) is 5.69 Å². The van der Waals surface area contributed by atoms with Crippen molar-refractivity contribution >= 4 is 15.7 Å². The fourth-order valence-corrected chi connectivity index (χ4v) is 3.41. The van der Waals surface area contributed by atoms with Crippen LogP contribution in [0.15, 0.2) is 17.0 Å². The normalized spacial score (nSPS) is 11.7. The Bertz CT molecular complexity index is 712. The number of tetrazole rings is 1. The van der Waals surface area contributed by atoms with Gasteiger partial charge in [0.15, 0.2) is 5.82 Å². The van der Waals surface area contributed by atoms with Crippen molar-refractivity contribution in [1.82, 2.24) is 25.3 Å². The summed E-state index contributed by atoms with van der Waals surface area (Å²) < 4.78 is 27.4. The second kappa shape index (κ2) is 6.19. The third-order valence-electron chi connectivity index (χ3n) is 3.16. The van der Waals surface area contributed by atoms with E-state index in [4.69, 9.17) is 5.73 Å². The number of hydrogen-bond acceptors (Lipinski definition) is 6. The Balaban J connectivity index is 2.36. The monoisotopic (exact) mass is 310 g/mol. The first-order valence-electron chi connectivity index (χ1n) is 6.61. The Labute approximate surface area is 123 Å². The third kappa shape index (κ3) is 3.37. The number of hydrogen-bond donors (Lipinski definition) is 3. The summed E-state index contributed by atoms with van der Waals surface area (Å²) in [6.07, 6.45) is 1.25. The van der Waals surface area contributed by atoms with E-state index < -0.39 is 10.0 Å². The topological polar surface area (TPSA) is 127 Å². The molecular weight excluding hydrogens is 292 g/mol. The van der Waals surface area contributed by atoms with Gasteiger partial charge in [0.25, 0.3) is 0 Å². The van der Waals surface area contributed by atoms with Gasteiger partial charge < -0.3 is 5.73 Å². The average Bonchev–Trinajstić information content (AvgIpc) is 2.97. The largest absolute Gasteiger partial charge is 0.398 e. The van der Waals surface area contributed by atoms with Gasteiger partial charge in [0.05, 0.1) is 11.4 Å². The number of benzene rings is 1. The molecule has 0 aliphatic carbocycles. The molecule has 0 unspecified atom stereocenters. The number of anilines is 1. The fourth-order valence-electron chi connectivity index (χ4n) is 2.04. The summed E-state index contributed by atoms with van der Waals surface area (Å²) in [5, 5.41) is 13.1. The van der Waals surface area contributed by atoms with Crippen molar-refractivity contribution in [1.29, 1.82) is 0 Å². The van der Waals surface area contributed by atoms with Crippen molar-refractivity contribution in [3.63, 3.8) is 0 Å². The predicted molar refractivity (Wildman–Crippen MR) is 77.8 cm³/mol. The van der Waals surface area contributed by atoms with Crippen molar-refractivity contribution in [2.75, 3.05) is 5.73 Å². The van der Waals surface area contributed by atoms with Crippen LogP contribution in [-0.4, -0.2) is 29.0 Å². The van der Waals surface area contributed by atoms with Crippen LogP contribution in [0, 0.1) is 0 Å². The van der Waals surface area contributed by atoms with Crippen LogP contribution in [0.3, 0.4) is 0 Å². The summed E-state index contributed by atoms with van der Waals surface area (Å²) in [4.78, 5) is 0.213. The molecule has 2 rings (SSSR count). The molecule has 21 heavy (non-hydrogen) atoms. The van der Waals surface area contributed by atoms with Crippen molar-refractivity contribution < 1.29 is 8.42 Å². The lowest BCUT2D eigenvalue weighted by Gasteiger charge is -2.14. The fraction of sp³-hybridized carbons (Fsp3) is 0.417. The summed E-state index contributed by atoms with van der Waals surface area (Å²) in [5.74, 6) is 0.274. The van der Waals surface area contributed by atoms with Crippen molar-refractivity contribution in [3.05, 3.63) is 29.1 Å². The van der Waals surface area contributed by atoms with Crippen LogP contribution < -0.4 is 10.5 Å². The first kappa shape index (κ1) is 15.4. The highest BCUT2D eigenvalue weighted by Gasteiger charge is 2.20. The number of aryl methyl sites for hydroxylation is 1. The molecule has 1 aromatic carbocycles. The van der Waals surface area contributed by atoms with Crippen LogP contribution in [0.4, 0.5) is 5.69 Å².